The van der Waals surface area contributed by atoms with Gasteiger partial charge in [0.05, 0.1) is 10.7 Å². The minimum absolute atomic E-state index is 0.410. The van der Waals surface area contributed by atoms with Crippen molar-refractivity contribution in [3.8, 4) is 11.3 Å². The predicted molar refractivity (Wildman–Crippen MR) is 81.5 cm³/mol. The molecule has 2 aromatic rings. The summed E-state index contributed by atoms with van der Waals surface area (Å²) in [4.78, 5) is 27.6. The van der Waals surface area contributed by atoms with Gasteiger partial charge in [-0.15, -0.1) is 11.3 Å². The van der Waals surface area contributed by atoms with Crippen molar-refractivity contribution in [2.45, 2.75) is 26.3 Å². The van der Waals surface area contributed by atoms with E-state index in [0.717, 1.165) is 16.3 Å². The summed E-state index contributed by atoms with van der Waals surface area (Å²) in [5.74, 6) is -1.50. The fourth-order valence-electron chi connectivity index (χ4n) is 1.73. The van der Waals surface area contributed by atoms with Crippen LogP contribution >= 0.6 is 11.3 Å². The molecule has 1 aromatic heterocycles. The number of carbonyl (C=O) groups excluding carboxylic acids is 1. The second kappa shape index (κ2) is 5.65. The van der Waals surface area contributed by atoms with Crippen LogP contribution in [0.25, 0.3) is 11.3 Å². The summed E-state index contributed by atoms with van der Waals surface area (Å²) in [6.07, 6.45) is 0. The smallest absolute Gasteiger partial charge is 0.328 e. The molecular formula is C15H16N2O3S. The number of carboxylic acid groups (broad SMARTS) is 1. The van der Waals surface area contributed by atoms with Crippen molar-refractivity contribution in [2.24, 2.45) is 0 Å². The topological polar surface area (TPSA) is 79.3 Å². The number of carbonyl (C=O) groups is 2. The second-order valence-electron chi connectivity index (χ2n) is 5.22. The molecule has 21 heavy (non-hydrogen) atoms. The van der Waals surface area contributed by atoms with Crippen LogP contribution in [0.4, 0.5) is 0 Å². The second-order valence-corrected chi connectivity index (χ2v) is 6.28. The first kappa shape index (κ1) is 15.2. The Hall–Kier alpha value is -2.21. The van der Waals surface area contributed by atoms with Crippen LogP contribution in [0.5, 0.6) is 0 Å². The van der Waals surface area contributed by atoms with E-state index in [1.807, 2.05) is 18.4 Å². The number of nitrogens with one attached hydrogen (secondary N) is 1. The number of benzene rings is 1. The number of aromatic nitrogens is 1. The number of aryl methyl sites for hydroxylation is 1. The van der Waals surface area contributed by atoms with Crippen molar-refractivity contribution in [3.63, 3.8) is 0 Å². The molecule has 1 amide bonds. The van der Waals surface area contributed by atoms with Gasteiger partial charge in [-0.3, -0.25) is 4.79 Å². The van der Waals surface area contributed by atoms with Gasteiger partial charge in [-0.25, -0.2) is 9.78 Å². The first-order chi connectivity index (χ1) is 9.79. The summed E-state index contributed by atoms with van der Waals surface area (Å²) in [5, 5.41) is 14.4. The van der Waals surface area contributed by atoms with Crippen molar-refractivity contribution >= 4 is 23.2 Å². The predicted octanol–water partition coefficient (Wildman–Crippen LogP) is 2.71. The molecule has 5 nitrogen and oxygen atoms in total. The highest BCUT2D eigenvalue weighted by Gasteiger charge is 2.29. The van der Waals surface area contributed by atoms with Gasteiger partial charge in [0.2, 0.25) is 0 Å². The van der Waals surface area contributed by atoms with E-state index in [4.69, 9.17) is 5.11 Å². The Bertz CT molecular complexity index is 692. The summed E-state index contributed by atoms with van der Waals surface area (Å²) in [7, 11) is 0. The van der Waals surface area contributed by atoms with E-state index < -0.39 is 17.4 Å². The fraction of sp³-hybridized carbons (Fsp3) is 0.267. The molecule has 0 bridgehead atoms. The highest BCUT2D eigenvalue weighted by Crippen LogP contribution is 2.22. The maximum atomic E-state index is 12.2. The maximum absolute atomic E-state index is 12.2. The molecule has 0 unspecified atom stereocenters. The minimum atomic E-state index is -1.32. The van der Waals surface area contributed by atoms with Gasteiger partial charge >= 0.3 is 5.97 Å². The maximum Gasteiger partial charge on any atom is 0.328 e. The standard InChI is InChI=1S/C15H16N2O3S/c1-9-16-12(8-21-9)10-5-4-6-11(7-10)13(18)17-15(2,3)14(19)20/h4-8H,1-3H3,(H,17,18)(H,19,20). The van der Waals surface area contributed by atoms with Crippen LogP contribution in [0.1, 0.15) is 29.2 Å². The van der Waals surface area contributed by atoms with Crippen LogP contribution in [0.15, 0.2) is 29.6 Å². The van der Waals surface area contributed by atoms with Crippen molar-refractivity contribution in [1.29, 1.82) is 0 Å². The van der Waals surface area contributed by atoms with Crippen molar-refractivity contribution in [2.75, 3.05) is 0 Å². The van der Waals surface area contributed by atoms with Gasteiger partial charge < -0.3 is 10.4 Å². The number of thiazole rings is 1. The number of aliphatic carboxylic acids is 1. The van der Waals surface area contributed by atoms with Gasteiger partial charge in [-0.2, -0.15) is 0 Å². The molecule has 0 spiro atoms. The lowest BCUT2D eigenvalue weighted by Crippen LogP contribution is -2.49. The molecule has 0 aliphatic rings. The molecule has 1 heterocycles. The highest BCUT2D eigenvalue weighted by atomic mass is 32.1. The molecule has 2 rings (SSSR count). The van der Waals surface area contributed by atoms with Crippen molar-refractivity contribution in [1.82, 2.24) is 10.3 Å². The SMILES string of the molecule is Cc1nc(-c2cccc(C(=O)NC(C)(C)C(=O)O)c2)cs1. The van der Waals surface area contributed by atoms with Gasteiger partial charge in [0, 0.05) is 16.5 Å². The number of carboxylic acids is 1. The Labute approximate surface area is 126 Å². The lowest BCUT2D eigenvalue weighted by atomic mass is 10.0. The molecule has 0 saturated heterocycles. The van der Waals surface area contributed by atoms with E-state index in [-0.39, 0.29) is 0 Å². The average Bonchev–Trinajstić information content (AvgIpc) is 2.85. The van der Waals surface area contributed by atoms with E-state index in [1.165, 1.54) is 25.2 Å². The Morgan fingerprint density at radius 2 is 2.05 bits per heavy atom. The molecule has 0 saturated carbocycles. The average molecular weight is 304 g/mol. The normalized spacial score (nSPS) is 11.2. The number of nitrogens with zero attached hydrogens (tertiary/aromatic N) is 1. The van der Waals surface area contributed by atoms with Gasteiger partial charge in [0.15, 0.2) is 0 Å². The van der Waals surface area contributed by atoms with Crippen molar-refractivity contribution < 1.29 is 14.7 Å². The Balaban J connectivity index is 2.25. The molecule has 0 atom stereocenters. The third-order valence-electron chi connectivity index (χ3n) is 3.00. The monoisotopic (exact) mass is 304 g/mol. The summed E-state index contributed by atoms with van der Waals surface area (Å²) < 4.78 is 0. The van der Waals surface area contributed by atoms with Crippen LogP contribution in [0.2, 0.25) is 0 Å². The number of amides is 1. The summed E-state index contributed by atoms with van der Waals surface area (Å²) >= 11 is 1.54. The fourth-order valence-corrected chi connectivity index (χ4v) is 2.35. The van der Waals surface area contributed by atoms with E-state index in [1.54, 1.807) is 18.2 Å². The lowest BCUT2D eigenvalue weighted by molar-refractivity contribution is -0.143. The molecular weight excluding hydrogens is 288 g/mol. The number of hydrogen-bond donors (Lipinski definition) is 2. The van der Waals surface area contributed by atoms with Gasteiger partial charge in [-0.1, -0.05) is 12.1 Å². The minimum Gasteiger partial charge on any atom is -0.480 e. The molecule has 110 valence electrons. The quantitative estimate of drug-likeness (QED) is 0.910. The summed E-state index contributed by atoms with van der Waals surface area (Å²) in [6.45, 7) is 4.81. The van der Waals surface area contributed by atoms with Crippen LogP contribution in [0, 0.1) is 6.92 Å². The first-order valence-electron chi connectivity index (χ1n) is 6.38. The van der Waals surface area contributed by atoms with Gasteiger partial charge in [0.25, 0.3) is 5.91 Å². The first-order valence-corrected chi connectivity index (χ1v) is 7.26. The molecule has 0 radical (unpaired) electrons. The van der Waals surface area contributed by atoms with Gasteiger partial charge in [0.1, 0.15) is 5.54 Å². The van der Waals surface area contributed by atoms with E-state index in [2.05, 4.69) is 10.3 Å². The Kier molecular flexibility index (Phi) is 4.09. The van der Waals surface area contributed by atoms with Crippen molar-refractivity contribution in [3.05, 3.63) is 40.2 Å². The van der Waals surface area contributed by atoms with Crippen LogP contribution in [-0.4, -0.2) is 27.5 Å². The molecule has 2 N–H and O–H groups in total. The molecule has 6 heteroatoms. The molecule has 1 aromatic carbocycles. The lowest BCUT2D eigenvalue weighted by Gasteiger charge is -2.21. The van der Waals surface area contributed by atoms with E-state index in [9.17, 15) is 9.59 Å². The highest BCUT2D eigenvalue weighted by molar-refractivity contribution is 7.09. The van der Waals surface area contributed by atoms with Crippen LogP contribution in [-0.2, 0) is 4.79 Å². The molecule has 0 aliphatic carbocycles. The number of rotatable bonds is 4. The largest absolute Gasteiger partial charge is 0.480 e. The molecule has 0 fully saturated rings. The zero-order chi connectivity index (χ0) is 15.6. The zero-order valence-corrected chi connectivity index (χ0v) is 12.8. The number of hydrogen-bond acceptors (Lipinski definition) is 4. The summed E-state index contributed by atoms with van der Waals surface area (Å²) in [5.41, 5.74) is 0.738. The van der Waals surface area contributed by atoms with Gasteiger partial charge in [-0.05, 0) is 32.9 Å². The van der Waals surface area contributed by atoms with E-state index in [0.29, 0.717) is 5.56 Å². The third-order valence-corrected chi connectivity index (χ3v) is 3.77. The van der Waals surface area contributed by atoms with E-state index >= 15 is 0 Å². The molecule has 0 aliphatic heterocycles. The summed E-state index contributed by atoms with van der Waals surface area (Å²) in [6, 6.07) is 6.98. The Morgan fingerprint density at radius 3 is 2.62 bits per heavy atom. The zero-order valence-electron chi connectivity index (χ0n) is 12.0. The third kappa shape index (κ3) is 3.46. The van der Waals surface area contributed by atoms with Crippen LogP contribution < -0.4 is 5.32 Å². The van der Waals surface area contributed by atoms with Crippen LogP contribution in [0.3, 0.4) is 0 Å². The Morgan fingerprint density at radius 1 is 1.33 bits per heavy atom.